The minimum atomic E-state index is -0.532. The van der Waals surface area contributed by atoms with Crippen molar-refractivity contribution in [2.24, 2.45) is 0 Å². The minimum absolute atomic E-state index is 0.532. The van der Waals surface area contributed by atoms with Crippen molar-refractivity contribution in [3.63, 3.8) is 0 Å². The molecule has 0 spiro atoms. The molecule has 2 nitrogen and oxygen atoms in total. The molecule has 2 aromatic rings. The highest BCUT2D eigenvalue weighted by molar-refractivity contribution is 5.39. The third kappa shape index (κ3) is 3.84. The first-order chi connectivity index (χ1) is 9.70. The number of aliphatic hydroxyl groups excluding tert-OH is 1. The number of para-hydroxylation sites is 1. The van der Waals surface area contributed by atoms with E-state index >= 15 is 0 Å². The number of aryl methyl sites for hydroxylation is 1. The molecule has 2 rings (SSSR count). The fraction of sp³-hybridized carbons (Fsp3) is 0.333. The summed E-state index contributed by atoms with van der Waals surface area (Å²) < 4.78 is 5.87. The molecule has 20 heavy (non-hydrogen) atoms. The van der Waals surface area contributed by atoms with Gasteiger partial charge in [0.25, 0.3) is 0 Å². The Kier molecular flexibility index (Phi) is 5.19. The molecule has 0 saturated carbocycles. The van der Waals surface area contributed by atoms with Gasteiger partial charge in [-0.05, 0) is 43.5 Å². The molecular weight excluding hydrogens is 248 g/mol. The van der Waals surface area contributed by atoms with E-state index < -0.39 is 6.10 Å². The predicted molar refractivity (Wildman–Crippen MR) is 82.2 cm³/mol. The number of hydrogen-bond acceptors (Lipinski definition) is 2. The second-order valence-electron chi connectivity index (χ2n) is 5.06. The Morgan fingerprint density at radius 2 is 1.75 bits per heavy atom. The minimum Gasteiger partial charge on any atom is -0.457 e. The van der Waals surface area contributed by atoms with Crippen LogP contribution in [0.1, 0.15) is 43.9 Å². The van der Waals surface area contributed by atoms with Gasteiger partial charge in [0.15, 0.2) is 0 Å². The van der Waals surface area contributed by atoms with Gasteiger partial charge in [0.2, 0.25) is 0 Å². The fourth-order valence-electron chi connectivity index (χ4n) is 2.15. The van der Waals surface area contributed by atoms with Crippen LogP contribution in [-0.4, -0.2) is 5.11 Å². The Morgan fingerprint density at radius 3 is 2.40 bits per heavy atom. The van der Waals surface area contributed by atoms with Crippen molar-refractivity contribution in [3.05, 3.63) is 59.7 Å². The highest BCUT2D eigenvalue weighted by atomic mass is 16.5. The first kappa shape index (κ1) is 14.6. The molecule has 0 heterocycles. The number of unbranched alkanes of at least 4 members (excludes halogenated alkanes) is 1. The zero-order valence-corrected chi connectivity index (χ0v) is 12.2. The molecule has 0 bridgehead atoms. The van der Waals surface area contributed by atoms with Crippen LogP contribution in [-0.2, 0) is 6.42 Å². The summed E-state index contributed by atoms with van der Waals surface area (Å²) in [4.78, 5) is 0. The molecule has 0 aliphatic carbocycles. The molecule has 0 unspecified atom stereocenters. The van der Waals surface area contributed by atoms with E-state index in [0.29, 0.717) is 5.75 Å². The summed E-state index contributed by atoms with van der Waals surface area (Å²) in [5, 5.41) is 9.74. The van der Waals surface area contributed by atoms with Gasteiger partial charge in [-0.2, -0.15) is 0 Å². The number of rotatable bonds is 6. The molecule has 1 N–H and O–H groups in total. The van der Waals surface area contributed by atoms with Crippen LogP contribution in [0.5, 0.6) is 11.5 Å². The van der Waals surface area contributed by atoms with Crippen LogP contribution >= 0.6 is 0 Å². The van der Waals surface area contributed by atoms with Crippen LogP contribution in [0.3, 0.4) is 0 Å². The monoisotopic (exact) mass is 270 g/mol. The Morgan fingerprint density at radius 1 is 1.05 bits per heavy atom. The molecule has 0 aliphatic heterocycles. The van der Waals surface area contributed by atoms with Crippen molar-refractivity contribution >= 4 is 0 Å². The largest absolute Gasteiger partial charge is 0.457 e. The Hall–Kier alpha value is -1.80. The van der Waals surface area contributed by atoms with Crippen LogP contribution in [0, 0.1) is 0 Å². The maximum absolute atomic E-state index is 9.74. The van der Waals surface area contributed by atoms with Crippen molar-refractivity contribution in [2.45, 2.75) is 39.2 Å². The Balaban J connectivity index is 2.10. The third-order valence-electron chi connectivity index (χ3n) is 3.34. The number of hydrogen-bond donors (Lipinski definition) is 1. The average Bonchev–Trinajstić information content (AvgIpc) is 2.47. The first-order valence-electron chi connectivity index (χ1n) is 7.24. The van der Waals surface area contributed by atoms with Gasteiger partial charge >= 0.3 is 0 Å². The zero-order chi connectivity index (χ0) is 14.4. The molecule has 1 atom stereocenters. The van der Waals surface area contributed by atoms with Crippen LogP contribution in [0.4, 0.5) is 0 Å². The quantitative estimate of drug-likeness (QED) is 0.811. The maximum Gasteiger partial charge on any atom is 0.133 e. The molecule has 0 radical (unpaired) electrons. The summed E-state index contributed by atoms with van der Waals surface area (Å²) in [7, 11) is 0. The van der Waals surface area contributed by atoms with E-state index in [-0.39, 0.29) is 0 Å². The lowest BCUT2D eigenvalue weighted by molar-refractivity contribution is 0.195. The molecule has 0 saturated heterocycles. The van der Waals surface area contributed by atoms with Crippen molar-refractivity contribution in [1.29, 1.82) is 0 Å². The number of benzene rings is 2. The van der Waals surface area contributed by atoms with E-state index in [1.807, 2.05) is 36.4 Å². The number of ether oxygens (including phenoxy) is 1. The second-order valence-corrected chi connectivity index (χ2v) is 5.06. The second kappa shape index (κ2) is 7.11. The van der Waals surface area contributed by atoms with Crippen LogP contribution in [0.15, 0.2) is 48.5 Å². The van der Waals surface area contributed by atoms with Gasteiger partial charge < -0.3 is 9.84 Å². The highest BCUT2D eigenvalue weighted by Crippen LogP contribution is 2.29. The van der Waals surface area contributed by atoms with E-state index in [9.17, 15) is 5.11 Å². The summed E-state index contributed by atoms with van der Waals surface area (Å²) in [6, 6.07) is 15.8. The van der Waals surface area contributed by atoms with Gasteiger partial charge in [0.05, 0.1) is 6.10 Å². The van der Waals surface area contributed by atoms with Gasteiger partial charge in [0, 0.05) is 5.56 Å². The smallest absolute Gasteiger partial charge is 0.133 e. The highest BCUT2D eigenvalue weighted by Gasteiger charge is 2.08. The molecule has 0 fully saturated rings. The summed E-state index contributed by atoms with van der Waals surface area (Å²) in [6.07, 6.45) is 3.00. The zero-order valence-electron chi connectivity index (χ0n) is 12.2. The van der Waals surface area contributed by atoms with Gasteiger partial charge in [-0.15, -0.1) is 0 Å². The van der Waals surface area contributed by atoms with Crippen molar-refractivity contribution in [1.82, 2.24) is 0 Å². The van der Waals surface area contributed by atoms with Crippen molar-refractivity contribution in [2.75, 3.05) is 0 Å². The van der Waals surface area contributed by atoms with Crippen LogP contribution in [0.25, 0.3) is 0 Å². The normalized spacial score (nSPS) is 12.2. The predicted octanol–water partition coefficient (Wildman–Crippen LogP) is 4.87. The Labute approximate surface area is 121 Å². The lowest BCUT2D eigenvalue weighted by Crippen LogP contribution is -1.95. The molecule has 2 heteroatoms. The van der Waals surface area contributed by atoms with Crippen molar-refractivity contribution < 1.29 is 9.84 Å². The van der Waals surface area contributed by atoms with E-state index in [2.05, 4.69) is 19.1 Å². The molecular formula is C18H22O2. The summed E-state index contributed by atoms with van der Waals surface area (Å²) in [5.41, 5.74) is 2.14. The van der Waals surface area contributed by atoms with Gasteiger partial charge in [-0.1, -0.05) is 43.7 Å². The number of aliphatic hydroxyl groups is 1. The van der Waals surface area contributed by atoms with Gasteiger partial charge in [-0.3, -0.25) is 0 Å². The molecule has 2 aromatic carbocycles. The fourth-order valence-corrected chi connectivity index (χ4v) is 2.15. The van der Waals surface area contributed by atoms with Crippen LogP contribution < -0.4 is 4.74 Å². The average molecular weight is 270 g/mol. The lowest BCUT2D eigenvalue weighted by atomic mass is 10.1. The third-order valence-corrected chi connectivity index (χ3v) is 3.34. The lowest BCUT2D eigenvalue weighted by Gasteiger charge is -2.13. The summed E-state index contributed by atoms with van der Waals surface area (Å²) in [6.45, 7) is 3.94. The van der Waals surface area contributed by atoms with Gasteiger partial charge in [-0.25, -0.2) is 0 Å². The van der Waals surface area contributed by atoms with Crippen LogP contribution in [0.2, 0.25) is 0 Å². The topological polar surface area (TPSA) is 29.5 Å². The summed E-state index contributed by atoms with van der Waals surface area (Å²) in [5.74, 6) is 1.52. The first-order valence-corrected chi connectivity index (χ1v) is 7.24. The van der Waals surface area contributed by atoms with Gasteiger partial charge in [0.1, 0.15) is 11.5 Å². The van der Waals surface area contributed by atoms with E-state index in [1.165, 1.54) is 18.4 Å². The summed E-state index contributed by atoms with van der Waals surface area (Å²) >= 11 is 0. The van der Waals surface area contributed by atoms with E-state index in [1.54, 1.807) is 6.92 Å². The van der Waals surface area contributed by atoms with E-state index in [4.69, 9.17) is 4.74 Å². The van der Waals surface area contributed by atoms with Crippen molar-refractivity contribution in [3.8, 4) is 11.5 Å². The molecule has 0 aliphatic rings. The Bertz CT molecular complexity index is 529. The SMILES string of the molecule is CCCCc1ccc(Oc2ccccc2[C@H](C)O)cc1. The molecule has 0 aromatic heterocycles. The molecule has 0 amide bonds. The molecule has 106 valence electrons. The van der Waals surface area contributed by atoms with E-state index in [0.717, 1.165) is 17.7 Å². The maximum atomic E-state index is 9.74. The standard InChI is InChI=1S/C18H22O2/c1-3-4-7-15-10-12-16(13-11-15)20-18-9-6-5-8-17(18)14(2)19/h5-6,8-14,19H,3-4,7H2,1-2H3/t14-/m0/s1.